The summed E-state index contributed by atoms with van der Waals surface area (Å²) in [7, 11) is 3.85. The van der Waals surface area contributed by atoms with Crippen molar-refractivity contribution >= 4 is 34.8 Å². The highest BCUT2D eigenvalue weighted by atomic mass is 35.5. The van der Waals surface area contributed by atoms with Gasteiger partial charge in [0.2, 0.25) is 5.28 Å². The molecule has 10 nitrogen and oxygen atoms in total. The molecule has 0 spiro atoms. The summed E-state index contributed by atoms with van der Waals surface area (Å²) < 4.78 is 0. The van der Waals surface area contributed by atoms with Crippen molar-refractivity contribution in [1.29, 1.82) is 0 Å². The van der Waals surface area contributed by atoms with E-state index < -0.39 is 0 Å². The summed E-state index contributed by atoms with van der Waals surface area (Å²) in [6.07, 6.45) is 10.9. The van der Waals surface area contributed by atoms with Crippen LogP contribution in [0.15, 0.2) is 36.7 Å². The third-order valence-corrected chi connectivity index (χ3v) is 9.17. The summed E-state index contributed by atoms with van der Waals surface area (Å²) in [4.78, 5) is 55.1. The Morgan fingerprint density at radius 3 is 1.57 bits per heavy atom. The molecule has 0 fully saturated rings. The monoisotopic (exact) mass is 754 g/mol. The smallest absolute Gasteiger partial charge is 0.224 e. The molecule has 0 atom stereocenters. The zero-order valence-corrected chi connectivity index (χ0v) is 35.1. The van der Waals surface area contributed by atoms with E-state index in [-0.39, 0.29) is 27.7 Å². The second-order valence-corrected chi connectivity index (χ2v) is 17.5. The zero-order chi connectivity index (χ0) is 39.8. The average molecular weight is 755 g/mol. The maximum absolute atomic E-state index is 12.4. The molecule has 0 aliphatic heterocycles. The molecule has 0 amide bonds. The summed E-state index contributed by atoms with van der Waals surface area (Å²) in [5, 5.41) is 0.274. The molecule has 2 aliphatic rings. The Hall–Kier alpha value is -4.31. The van der Waals surface area contributed by atoms with Gasteiger partial charge in [-0.05, 0) is 105 Å². The Kier molecular flexibility index (Phi) is 14.4. The average Bonchev–Trinajstić information content (AvgIpc) is 3.74. The van der Waals surface area contributed by atoms with E-state index in [0.717, 1.165) is 84.1 Å². The lowest BCUT2D eigenvalue weighted by molar-refractivity contribution is -0.120. The van der Waals surface area contributed by atoms with Gasteiger partial charge >= 0.3 is 0 Å². The molecule has 6 rings (SSSR count). The van der Waals surface area contributed by atoms with E-state index in [1.54, 1.807) is 0 Å². The van der Waals surface area contributed by atoms with Gasteiger partial charge in [0, 0.05) is 61.8 Å². The molecule has 4 aromatic heterocycles. The molecule has 4 aromatic rings. The third kappa shape index (κ3) is 12.9. The number of aromatic nitrogens is 6. The number of ketones is 2. The highest BCUT2D eigenvalue weighted by molar-refractivity contribution is 6.28. The lowest BCUT2D eigenvalue weighted by atomic mass is 9.90. The molecular formula is C43H59ClN8O2. The lowest BCUT2D eigenvalue weighted by Gasteiger charge is -2.23. The van der Waals surface area contributed by atoms with E-state index in [0.29, 0.717) is 31.8 Å². The number of hydrogen-bond acceptors (Lipinski definition) is 10. The second-order valence-electron chi connectivity index (χ2n) is 17.2. The molecule has 0 unspecified atom stereocenters. The van der Waals surface area contributed by atoms with Gasteiger partial charge in [-0.1, -0.05) is 53.7 Å². The van der Waals surface area contributed by atoms with Crippen molar-refractivity contribution < 1.29 is 9.59 Å². The standard InChI is InChI=1S/C21H28N4O.C15H22ClN3O.C7H9N/c1-14-9-10-18(22-12-14)19-23-17-8-6-7-16(17)20(24-19)25(5)13-15(26)11-21(2,3)4;1-15(2,3)8-10(20)9-19(4)13-11-6-5-7-12(11)17-14(16)18-13;1-6-3-4-7(2)8-5-6/h9-10,12H,6-8,11,13H2,1-5H3;5-9H2,1-4H3;3-5H,1-2H3. The lowest BCUT2D eigenvalue weighted by Crippen LogP contribution is -2.30. The summed E-state index contributed by atoms with van der Waals surface area (Å²) >= 11 is 5.98. The van der Waals surface area contributed by atoms with Crippen molar-refractivity contribution in [2.75, 3.05) is 37.0 Å². The van der Waals surface area contributed by atoms with Crippen molar-refractivity contribution in [3.63, 3.8) is 0 Å². The topological polar surface area (TPSA) is 118 Å². The SMILES string of the molecule is CN(CC(=O)CC(C)(C)C)c1nc(Cl)nc2c1CCC2.Cc1ccc(-c2nc3c(c(N(C)CC(=O)CC(C)(C)C)n2)CCC3)nc1.Cc1ccc(C)nc1. The number of nitrogens with zero attached hydrogens (tertiary/aromatic N) is 8. The minimum absolute atomic E-state index is 0.00250. The molecule has 0 saturated carbocycles. The van der Waals surface area contributed by atoms with Crippen LogP contribution in [0.5, 0.6) is 0 Å². The summed E-state index contributed by atoms with van der Waals surface area (Å²) in [5.41, 5.74) is 8.68. The number of pyridine rings is 2. The Bertz CT molecular complexity index is 1880. The number of likely N-dealkylation sites (N-methyl/N-ethyl adjacent to an activating group) is 2. The molecule has 0 saturated heterocycles. The van der Waals surface area contributed by atoms with Crippen molar-refractivity contribution in [2.45, 2.75) is 114 Å². The van der Waals surface area contributed by atoms with E-state index in [1.165, 1.54) is 11.1 Å². The number of carbonyl (C=O) groups is 2. The van der Waals surface area contributed by atoms with Crippen LogP contribution < -0.4 is 9.80 Å². The van der Waals surface area contributed by atoms with E-state index in [2.05, 4.69) is 67.5 Å². The summed E-state index contributed by atoms with van der Waals surface area (Å²) in [6.45, 7) is 19.3. The Balaban J connectivity index is 0.000000204. The van der Waals surface area contributed by atoms with E-state index in [1.807, 2.05) is 75.3 Å². The largest absolute Gasteiger partial charge is 0.352 e. The fourth-order valence-electron chi connectivity index (χ4n) is 6.66. The second kappa shape index (κ2) is 18.3. The van der Waals surface area contributed by atoms with Crippen LogP contribution in [0.25, 0.3) is 11.5 Å². The van der Waals surface area contributed by atoms with Crippen LogP contribution in [-0.2, 0) is 35.3 Å². The molecule has 11 heteroatoms. The number of halogens is 1. The van der Waals surface area contributed by atoms with Crippen LogP contribution >= 0.6 is 11.6 Å². The number of Topliss-reactive ketones (excluding diaryl/α,β-unsaturated/α-hetero) is 2. The Morgan fingerprint density at radius 2 is 1.13 bits per heavy atom. The molecule has 4 heterocycles. The fraction of sp³-hybridized carbons (Fsp3) is 0.535. The number of aryl methyl sites for hydroxylation is 5. The molecule has 0 N–H and O–H groups in total. The fourth-order valence-corrected chi connectivity index (χ4v) is 6.84. The maximum atomic E-state index is 12.4. The minimum Gasteiger partial charge on any atom is -0.352 e. The van der Waals surface area contributed by atoms with E-state index in [9.17, 15) is 9.59 Å². The van der Waals surface area contributed by atoms with Crippen LogP contribution in [0, 0.1) is 31.6 Å². The molecule has 0 radical (unpaired) electrons. The number of hydrogen-bond donors (Lipinski definition) is 0. The first-order chi connectivity index (χ1) is 25.3. The predicted molar refractivity (Wildman–Crippen MR) is 220 cm³/mol. The maximum Gasteiger partial charge on any atom is 0.224 e. The van der Waals surface area contributed by atoms with Gasteiger partial charge in [-0.25, -0.2) is 19.9 Å². The molecule has 2 aliphatic carbocycles. The van der Waals surface area contributed by atoms with Crippen molar-refractivity contribution in [3.8, 4) is 11.5 Å². The molecule has 0 bridgehead atoms. The van der Waals surface area contributed by atoms with E-state index >= 15 is 0 Å². The van der Waals surface area contributed by atoms with Gasteiger partial charge in [0.05, 0.1) is 18.8 Å². The highest BCUT2D eigenvalue weighted by Gasteiger charge is 2.26. The molecule has 0 aromatic carbocycles. The number of fused-ring (bicyclic) bond motifs is 2. The zero-order valence-electron chi connectivity index (χ0n) is 34.3. The summed E-state index contributed by atoms with van der Waals surface area (Å²) in [6, 6.07) is 8.05. The first-order valence-electron chi connectivity index (χ1n) is 19.0. The van der Waals surface area contributed by atoms with Gasteiger partial charge in [-0.2, -0.15) is 0 Å². The predicted octanol–water partition coefficient (Wildman–Crippen LogP) is 8.54. The third-order valence-electron chi connectivity index (χ3n) is 9.00. The van der Waals surface area contributed by atoms with Gasteiger partial charge < -0.3 is 9.80 Å². The van der Waals surface area contributed by atoms with Crippen molar-refractivity contribution in [1.82, 2.24) is 29.9 Å². The first-order valence-corrected chi connectivity index (χ1v) is 19.4. The minimum atomic E-state index is 0.00250. The van der Waals surface area contributed by atoms with Gasteiger partial charge in [0.25, 0.3) is 0 Å². The van der Waals surface area contributed by atoms with Gasteiger partial charge in [-0.15, -0.1) is 0 Å². The quantitative estimate of drug-likeness (QED) is 0.154. The van der Waals surface area contributed by atoms with Gasteiger partial charge in [-0.3, -0.25) is 19.6 Å². The number of carbonyl (C=O) groups excluding carboxylic acids is 2. The number of anilines is 2. The van der Waals surface area contributed by atoms with E-state index in [4.69, 9.17) is 21.6 Å². The van der Waals surface area contributed by atoms with Crippen LogP contribution in [0.2, 0.25) is 5.28 Å². The first kappa shape index (κ1) is 42.4. The molecular weight excluding hydrogens is 696 g/mol. The van der Waals surface area contributed by atoms with Crippen LogP contribution in [0.4, 0.5) is 11.6 Å². The van der Waals surface area contributed by atoms with Gasteiger partial charge in [0.1, 0.15) is 17.3 Å². The normalized spacial score (nSPS) is 13.2. The summed E-state index contributed by atoms with van der Waals surface area (Å²) in [5.74, 6) is 2.81. The Labute approximate surface area is 327 Å². The van der Waals surface area contributed by atoms with Crippen LogP contribution in [0.3, 0.4) is 0 Å². The van der Waals surface area contributed by atoms with Crippen molar-refractivity contribution in [3.05, 3.63) is 81.3 Å². The molecule has 54 heavy (non-hydrogen) atoms. The molecule has 290 valence electrons. The Morgan fingerprint density at radius 1 is 0.648 bits per heavy atom. The van der Waals surface area contributed by atoms with Crippen LogP contribution in [-0.4, -0.2) is 68.7 Å². The van der Waals surface area contributed by atoms with Crippen molar-refractivity contribution in [2.24, 2.45) is 10.8 Å². The highest BCUT2D eigenvalue weighted by Crippen LogP contribution is 2.32. The van der Waals surface area contributed by atoms with Crippen LogP contribution in [0.1, 0.15) is 107 Å². The van der Waals surface area contributed by atoms with Gasteiger partial charge in [0.15, 0.2) is 17.4 Å². The number of rotatable bonds is 9.